The molecule has 7 heteroatoms. The van der Waals surface area contributed by atoms with Crippen molar-refractivity contribution in [2.24, 2.45) is 0 Å². The molecule has 0 saturated heterocycles. The summed E-state index contributed by atoms with van der Waals surface area (Å²) in [5, 5.41) is 8.59. The third kappa shape index (κ3) is 2.28. The largest absolute Gasteiger partial charge is 0.343 e. The van der Waals surface area contributed by atoms with E-state index in [0.717, 1.165) is 11.3 Å². The lowest BCUT2D eigenvalue weighted by Crippen LogP contribution is -2.26. The van der Waals surface area contributed by atoms with Crippen LogP contribution in [0.15, 0.2) is 47.5 Å². The Kier molecular flexibility index (Phi) is 3.00. The maximum atomic E-state index is 11.9. The van der Waals surface area contributed by atoms with Crippen LogP contribution in [0, 0.1) is 0 Å². The van der Waals surface area contributed by atoms with E-state index in [4.69, 9.17) is 0 Å². The number of carbonyl (C=O) groups excluding carboxylic acids is 1. The lowest BCUT2D eigenvalue weighted by atomic mass is 10.3. The maximum Gasteiger partial charge on any atom is 0.272 e. The van der Waals surface area contributed by atoms with E-state index in [0.29, 0.717) is 0 Å². The molecule has 0 bridgehead atoms. The van der Waals surface area contributed by atoms with Gasteiger partial charge in [0.1, 0.15) is 11.5 Å². The molecular formula is C13H11N5O2. The first-order valence-electron chi connectivity index (χ1n) is 5.99. The number of hydrogen-bond donors (Lipinski definition) is 2. The van der Waals surface area contributed by atoms with Gasteiger partial charge in [-0.25, -0.2) is 10.1 Å². The standard InChI is InChI=1S/C13H11N5O2/c19-12-5-4-10(16-17-12)13(20)15-8-11-14-7-9-3-1-2-6-18(9)11/h1-7H,8H2,(H,15,20)(H,17,19). The number of aromatic nitrogens is 4. The minimum Gasteiger partial charge on any atom is -0.343 e. The molecule has 0 atom stereocenters. The Hall–Kier alpha value is -2.96. The zero-order valence-corrected chi connectivity index (χ0v) is 10.4. The van der Waals surface area contributed by atoms with Gasteiger partial charge in [0.25, 0.3) is 11.5 Å². The number of carbonyl (C=O) groups is 1. The molecule has 0 aromatic carbocycles. The number of nitrogens with one attached hydrogen (secondary N) is 2. The summed E-state index contributed by atoms with van der Waals surface area (Å²) in [5.41, 5.74) is 0.769. The first-order valence-corrected chi connectivity index (χ1v) is 5.99. The Morgan fingerprint density at radius 2 is 2.20 bits per heavy atom. The van der Waals surface area contributed by atoms with Crippen molar-refractivity contribution < 1.29 is 4.79 Å². The number of rotatable bonds is 3. The van der Waals surface area contributed by atoms with E-state index in [2.05, 4.69) is 20.5 Å². The summed E-state index contributed by atoms with van der Waals surface area (Å²) in [7, 11) is 0. The normalized spacial score (nSPS) is 10.6. The van der Waals surface area contributed by atoms with Crippen LogP contribution >= 0.6 is 0 Å². The van der Waals surface area contributed by atoms with Gasteiger partial charge in [-0.15, -0.1) is 0 Å². The molecule has 3 rings (SSSR count). The molecule has 3 aromatic rings. The predicted molar refractivity (Wildman–Crippen MR) is 71.2 cm³/mol. The van der Waals surface area contributed by atoms with Crippen molar-refractivity contribution in [2.45, 2.75) is 6.54 Å². The fourth-order valence-electron chi connectivity index (χ4n) is 1.85. The molecule has 3 heterocycles. The maximum absolute atomic E-state index is 11.9. The first kappa shape index (κ1) is 12.1. The summed E-state index contributed by atoms with van der Waals surface area (Å²) in [6.45, 7) is 0.276. The average Bonchev–Trinajstić information content (AvgIpc) is 2.89. The summed E-state index contributed by atoms with van der Waals surface area (Å²) in [6, 6.07) is 8.37. The summed E-state index contributed by atoms with van der Waals surface area (Å²) in [4.78, 5) is 27.0. The van der Waals surface area contributed by atoms with Gasteiger partial charge in [-0.05, 0) is 18.2 Å². The van der Waals surface area contributed by atoms with Crippen LogP contribution in [0.1, 0.15) is 16.3 Å². The van der Waals surface area contributed by atoms with Crippen molar-refractivity contribution in [3.8, 4) is 0 Å². The Balaban J connectivity index is 1.74. The Morgan fingerprint density at radius 1 is 1.30 bits per heavy atom. The summed E-state index contributed by atoms with van der Waals surface area (Å²) >= 11 is 0. The van der Waals surface area contributed by atoms with Crippen molar-refractivity contribution >= 4 is 11.4 Å². The topological polar surface area (TPSA) is 92.2 Å². The summed E-state index contributed by atoms with van der Waals surface area (Å²) in [5.74, 6) is 0.354. The molecule has 0 saturated carbocycles. The number of hydrogen-bond acceptors (Lipinski definition) is 4. The minimum atomic E-state index is -0.367. The molecule has 3 aromatic heterocycles. The number of nitrogens with zero attached hydrogens (tertiary/aromatic N) is 3. The number of aromatic amines is 1. The van der Waals surface area contributed by atoms with Crippen molar-refractivity contribution in [1.82, 2.24) is 24.9 Å². The van der Waals surface area contributed by atoms with E-state index in [1.807, 2.05) is 28.8 Å². The van der Waals surface area contributed by atoms with E-state index in [1.165, 1.54) is 12.1 Å². The Bertz CT molecular complexity index is 800. The highest BCUT2D eigenvalue weighted by Crippen LogP contribution is 2.05. The second-order valence-corrected chi connectivity index (χ2v) is 4.16. The van der Waals surface area contributed by atoms with Crippen molar-refractivity contribution in [3.05, 3.63) is 64.6 Å². The molecule has 20 heavy (non-hydrogen) atoms. The summed E-state index contributed by atoms with van der Waals surface area (Å²) < 4.78 is 1.89. The lowest BCUT2D eigenvalue weighted by Gasteiger charge is -2.03. The van der Waals surface area contributed by atoms with Crippen molar-refractivity contribution in [2.75, 3.05) is 0 Å². The van der Waals surface area contributed by atoms with Crippen LogP contribution in [-0.4, -0.2) is 25.5 Å². The SMILES string of the molecule is O=C(NCc1ncc2ccccn12)c1ccc(=O)[nH]n1. The zero-order chi connectivity index (χ0) is 13.9. The van der Waals surface area contributed by atoms with Crippen LogP contribution in [0.5, 0.6) is 0 Å². The third-order valence-electron chi connectivity index (χ3n) is 2.83. The van der Waals surface area contributed by atoms with Gasteiger partial charge in [0.2, 0.25) is 0 Å². The molecule has 0 unspecified atom stereocenters. The minimum absolute atomic E-state index is 0.158. The van der Waals surface area contributed by atoms with Crippen LogP contribution in [-0.2, 0) is 6.54 Å². The molecule has 0 fully saturated rings. The predicted octanol–water partition coefficient (Wildman–Crippen LogP) is 0.348. The van der Waals surface area contributed by atoms with E-state index >= 15 is 0 Å². The molecule has 2 N–H and O–H groups in total. The second kappa shape index (κ2) is 4.96. The smallest absolute Gasteiger partial charge is 0.272 e. The average molecular weight is 269 g/mol. The van der Waals surface area contributed by atoms with Gasteiger partial charge in [0.15, 0.2) is 0 Å². The highest BCUT2D eigenvalue weighted by atomic mass is 16.2. The number of amides is 1. The molecule has 0 spiro atoms. The van der Waals surface area contributed by atoms with Gasteiger partial charge in [0, 0.05) is 12.3 Å². The van der Waals surface area contributed by atoms with Crippen LogP contribution < -0.4 is 10.9 Å². The molecular weight excluding hydrogens is 258 g/mol. The van der Waals surface area contributed by atoms with E-state index in [9.17, 15) is 9.59 Å². The van der Waals surface area contributed by atoms with Crippen molar-refractivity contribution in [1.29, 1.82) is 0 Å². The lowest BCUT2D eigenvalue weighted by molar-refractivity contribution is 0.0943. The molecule has 0 aliphatic heterocycles. The van der Waals surface area contributed by atoms with E-state index in [-0.39, 0.29) is 23.7 Å². The fourth-order valence-corrected chi connectivity index (χ4v) is 1.85. The van der Waals surface area contributed by atoms with Crippen LogP contribution in [0.4, 0.5) is 0 Å². The quantitative estimate of drug-likeness (QED) is 0.717. The molecule has 7 nitrogen and oxygen atoms in total. The van der Waals surface area contributed by atoms with Crippen LogP contribution in [0.2, 0.25) is 0 Å². The van der Waals surface area contributed by atoms with E-state index in [1.54, 1.807) is 6.20 Å². The van der Waals surface area contributed by atoms with Gasteiger partial charge in [-0.1, -0.05) is 6.07 Å². The molecule has 0 aliphatic rings. The molecule has 1 amide bonds. The summed E-state index contributed by atoms with van der Waals surface area (Å²) in [6.07, 6.45) is 3.61. The van der Waals surface area contributed by atoms with Crippen LogP contribution in [0.3, 0.4) is 0 Å². The van der Waals surface area contributed by atoms with Gasteiger partial charge < -0.3 is 9.72 Å². The molecule has 0 radical (unpaired) electrons. The Labute approximate surface area is 113 Å². The third-order valence-corrected chi connectivity index (χ3v) is 2.83. The zero-order valence-electron chi connectivity index (χ0n) is 10.4. The van der Waals surface area contributed by atoms with Gasteiger partial charge in [-0.3, -0.25) is 9.59 Å². The number of imidazole rings is 1. The van der Waals surface area contributed by atoms with Gasteiger partial charge in [-0.2, -0.15) is 5.10 Å². The molecule has 100 valence electrons. The fraction of sp³-hybridized carbons (Fsp3) is 0.0769. The number of H-pyrrole nitrogens is 1. The second-order valence-electron chi connectivity index (χ2n) is 4.16. The first-order chi connectivity index (χ1) is 9.74. The highest BCUT2D eigenvalue weighted by molar-refractivity contribution is 5.91. The Morgan fingerprint density at radius 3 is 3.00 bits per heavy atom. The van der Waals surface area contributed by atoms with Gasteiger partial charge in [0.05, 0.1) is 18.3 Å². The number of fused-ring (bicyclic) bond motifs is 1. The van der Waals surface area contributed by atoms with Crippen LogP contribution in [0.25, 0.3) is 5.52 Å². The van der Waals surface area contributed by atoms with E-state index < -0.39 is 0 Å². The van der Waals surface area contributed by atoms with Crippen molar-refractivity contribution in [3.63, 3.8) is 0 Å². The number of pyridine rings is 1. The van der Waals surface area contributed by atoms with Gasteiger partial charge >= 0.3 is 0 Å². The molecule has 0 aliphatic carbocycles. The highest BCUT2D eigenvalue weighted by Gasteiger charge is 2.09. The monoisotopic (exact) mass is 269 g/mol.